The number of amides is 4. The highest BCUT2D eigenvalue weighted by molar-refractivity contribution is 5.90. The standard InChI is InChI=1S/C39H59N7O4/c1-28(2)22-32(25-42-34(16-10-11-19-40)38(50)45-20-17-39(18-21-45)26-46(27-39)29(3)47)43-37(49)35(24-31-14-8-5-9-15-31)44-36(48)33(41)23-30-12-6-4-7-13-30/h4-9,12-15,28,32-35,42H,10-11,16-27,40-41H2,1-3H3,(H,43,49)(H,44,48)/t32-,33-,34-,35-/m1/s1. The minimum Gasteiger partial charge on any atom is -0.350 e. The molecule has 2 saturated heterocycles. The van der Waals surface area contributed by atoms with Crippen molar-refractivity contribution in [3.05, 3.63) is 71.8 Å². The number of likely N-dealkylation sites (tertiary alicyclic amines) is 2. The average Bonchev–Trinajstić information content (AvgIpc) is 3.08. The summed E-state index contributed by atoms with van der Waals surface area (Å²) in [5.41, 5.74) is 14.1. The lowest BCUT2D eigenvalue weighted by Gasteiger charge is -2.54. The van der Waals surface area contributed by atoms with Crippen molar-refractivity contribution >= 4 is 23.6 Å². The van der Waals surface area contributed by atoms with Crippen molar-refractivity contribution in [2.24, 2.45) is 22.8 Å². The summed E-state index contributed by atoms with van der Waals surface area (Å²) in [5.74, 6) is -0.190. The fraction of sp³-hybridized carbons (Fsp3) is 0.590. The molecule has 4 rings (SSSR count). The highest BCUT2D eigenvalue weighted by Gasteiger charge is 2.46. The van der Waals surface area contributed by atoms with E-state index in [9.17, 15) is 19.2 Å². The Bertz CT molecular complexity index is 1370. The summed E-state index contributed by atoms with van der Waals surface area (Å²) in [4.78, 5) is 56.7. The predicted molar refractivity (Wildman–Crippen MR) is 197 cm³/mol. The Morgan fingerprint density at radius 2 is 1.40 bits per heavy atom. The van der Waals surface area contributed by atoms with E-state index in [1.807, 2.05) is 70.5 Å². The Morgan fingerprint density at radius 1 is 0.800 bits per heavy atom. The van der Waals surface area contributed by atoms with Gasteiger partial charge in [-0.2, -0.15) is 0 Å². The van der Waals surface area contributed by atoms with Gasteiger partial charge in [0.15, 0.2) is 0 Å². The number of nitrogens with two attached hydrogens (primary N) is 2. The number of unbranched alkanes of at least 4 members (excludes halogenated alkanes) is 1. The van der Waals surface area contributed by atoms with E-state index in [0.717, 1.165) is 49.9 Å². The van der Waals surface area contributed by atoms with Gasteiger partial charge in [0, 0.05) is 57.5 Å². The zero-order valence-corrected chi connectivity index (χ0v) is 30.2. The fourth-order valence-corrected chi connectivity index (χ4v) is 7.18. The molecule has 2 heterocycles. The molecular formula is C39H59N7O4. The number of hydrogen-bond acceptors (Lipinski definition) is 7. The van der Waals surface area contributed by atoms with Crippen molar-refractivity contribution in [1.29, 1.82) is 0 Å². The van der Waals surface area contributed by atoms with E-state index in [4.69, 9.17) is 11.5 Å². The van der Waals surface area contributed by atoms with Crippen LogP contribution in [-0.4, -0.2) is 96.9 Å². The first-order chi connectivity index (χ1) is 24.0. The number of hydrogen-bond donors (Lipinski definition) is 5. The topological polar surface area (TPSA) is 163 Å². The molecule has 2 aliphatic rings. The van der Waals surface area contributed by atoms with Gasteiger partial charge < -0.3 is 37.2 Å². The van der Waals surface area contributed by atoms with Gasteiger partial charge in [0.25, 0.3) is 0 Å². The third-order valence-corrected chi connectivity index (χ3v) is 10.1. The summed E-state index contributed by atoms with van der Waals surface area (Å²) >= 11 is 0. The molecule has 11 nitrogen and oxygen atoms in total. The number of piperidine rings is 1. The highest BCUT2D eigenvalue weighted by atomic mass is 16.2. The molecule has 0 aliphatic carbocycles. The maximum atomic E-state index is 13.9. The first kappa shape index (κ1) is 39.0. The Kier molecular flexibility index (Phi) is 14.8. The molecule has 0 radical (unpaired) electrons. The molecule has 0 bridgehead atoms. The predicted octanol–water partition coefficient (Wildman–Crippen LogP) is 2.37. The number of nitrogens with zero attached hydrogens (tertiary/aromatic N) is 2. The van der Waals surface area contributed by atoms with Crippen molar-refractivity contribution in [3.63, 3.8) is 0 Å². The third-order valence-electron chi connectivity index (χ3n) is 10.1. The molecule has 11 heteroatoms. The maximum Gasteiger partial charge on any atom is 0.243 e. The normalized spacial score (nSPS) is 17.8. The lowest BCUT2D eigenvalue weighted by Crippen LogP contribution is -2.62. The van der Waals surface area contributed by atoms with Crippen molar-refractivity contribution < 1.29 is 19.2 Å². The van der Waals surface area contributed by atoms with E-state index in [0.29, 0.717) is 51.9 Å². The Morgan fingerprint density at radius 3 is 1.96 bits per heavy atom. The number of carbonyl (C=O) groups excluding carboxylic acids is 4. The van der Waals surface area contributed by atoms with Crippen LogP contribution in [0.5, 0.6) is 0 Å². The molecule has 1 spiro atoms. The Hall–Kier alpha value is -3.80. The van der Waals surface area contributed by atoms with Crippen LogP contribution < -0.4 is 27.4 Å². The summed E-state index contributed by atoms with van der Waals surface area (Å²) in [5, 5.41) is 9.67. The fourth-order valence-electron chi connectivity index (χ4n) is 7.18. The van der Waals surface area contributed by atoms with Gasteiger partial charge in [-0.05, 0) is 62.1 Å². The number of nitrogens with one attached hydrogen (secondary N) is 3. The zero-order chi connectivity index (χ0) is 36.1. The van der Waals surface area contributed by atoms with Crippen LogP contribution in [0.15, 0.2) is 60.7 Å². The van der Waals surface area contributed by atoms with Crippen LogP contribution in [0.25, 0.3) is 0 Å². The van der Waals surface area contributed by atoms with Gasteiger partial charge in [-0.25, -0.2) is 0 Å². The molecule has 2 aromatic carbocycles. The zero-order valence-electron chi connectivity index (χ0n) is 30.2. The van der Waals surface area contributed by atoms with Crippen LogP contribution in [0.3, 0.4) is 0 Å². The second kappa shape index (κ2) is 19.0. The minimum atomic E-state index is -0.825. The molecule has 4 amide bonds. The van der Waals surface area contributed by atoms with Gasteiger partial charge in [0.1, 0.15) is 6.04 Å². The second-order valence-corrected chi connectivity index (χ2v) is 14.8. The largest absolute Gasteiger partial charge is 0.350 e. The average molecular weight is 690 g/mol. The second-order valence-electron chi connectivity index (χ2n) is 14.8. The number of rotatable bonds is 18. The van der Waals surface area contributed by atoms with Crippen LogP contribution >= 0.6 is 0 Å². The summed E-state index contributed by atoms with van der Waals surface area (Å²) in [6.07, 6.45) is 5.47. The first-order valence-electron chi connectivity index (χ1n) is 18.4. The molecule has 274 valence electrons. The van der Waals surface area contributed by atoms with Gasteiger partial charge >= 0.3 is 0 Å². The van der Waals surface area contributed by atoms with Crippen molar-refractivity contribution in [2.45, 2.75) is 96.3 Å². The van der Waals surface area contributed by atoms with Crippen LogP contribution in [0.2, 0.25) is 0 Å². The summed E-state index contributed by atoms with van der Waals surface area (Å²) in [7, 11) is 0. The van der Waals surface area contributed by atoms with Crippen LogP contribution in [0, 0.1) is 11.3 Å². The molecule has 0 saturated carbocycles. The van der Waals surface area contributed by atoms with E-state index < -0.39 is 18.1 Å². The summed E-state index contributed by atoms with van der Waals surface area (Å²) in [6, 6.07) is 16.9. The molecule has 2 fully saturated rings. The molecule has 7 N–H and O–H groups in total. The lowest BCUT2D eigenvalue weighted by atomic mass is 9.72. The van der Waals surface area contributed by atoms with Crippen molar-refractivity contribution in [1.82, 2.24) is 25.8 Å². The Labute approximate surface area is 298 Å². The summed E-state index contributed by atoms with van der Waals surface area (Å²) < 4.78 is 0. The highest BCUT2D eigenvalue weighted by Crippen LogP contribution is 2.40. The first-order valence-corrected chi connectivity index (χ1v) is 18.4. The number of carbonyl (C=O) groups is 4. The van der Waals surface area contributed by atoms with E-state index in [2.05, 4.69) is 29.8 Å². The molecular weight excluding hydrogens is 630 g/mol. The van der Waals surface area contributed by atoms with Crippen LogP contribution in [-0.2, 0) is 32.0 Å². The van der Waals surface area contributed by atoms with Crippen molar-refractivity contribution in [3.8, 4) is 0 Å². The van der Waals surface area contributed by atoms with E-state index in [-0.39, 0.29) is 41.0 Å². The van der Waals surface area contributed by atoms with E-state index in [1.165, 1.54) is 0 Å². The molecule has 4 atom stereocenters. The molecule has 2 aromatic rings. The van der Waals surface area contributed by atoms with Gasteiger partial charge in [0.05, 0.1) is 12.1 Å². The maximum absolute atomic E-state index is 13.9. The summed E-state index contributed by atoms with van der Waals surface area (Å²) in [6.45, 7) is 9.72. The number of benzene rings is 2. The Balaban J connectivity index is 1.40. The van der Waals surface area contributed by atoms with Gasteiger partial charge in [0.2, 0.25) is 23.6 Å². The SMILES string of the molecule is CC(=O)N1CC2(CCN(C(=O)[C@@H](CCCCN)NC[C@@H](CC(C)C)NC(=O)[C@@H](Cc3ccccc3)NC(=O)[C@H](N)Cc3ccccc3)CC2)C1. The minimum absolute atomic E-state index is 0.0795. The quantitative estimate of drug-likeness (QED) is 0.150. The van der Waals surface area contributed by atoms with E-state index in [1.54, 1.807) is 6.92 Å². The molecule has 0 aromatic heterocycles. The van der Waals surface area contributed by atoms with Gasteiger partial charge in [-0.15, -0.1) is 0 Å². The molecule has 2 aliphatic heterocycles. The van der Waals surface area contributed by atoms with Gasteiger partial charge in [-0.3, -0.25) is 19.2 Å². The van der Waals surface area contributed by atoms with Gasteiger partial charge in [-0.1, -0.05) is 80.9 Å². The van der Waals surface area contributed by atoms with Crippen LogP contribution in [0.4, 0.5) is 0 Å². The smallest absolute Gasteiger partial charge is 0.243 e. The molecule has 50 heavy (non-hydrogen) atoms. The van der Waals surface area contributed by atoms with E-state index >= 15 is 0 Å². The van der Waals surface area contributed by atoms with Crippen LogP contribution in [0.1, 0.15) is 70.4 Å². The van der Waals surface area contributed by atoms with Crippen molar-refractivity contribution in [2.75, 3.05) is 39.3 Å². The monoisotopic (exact) mass is 689 g/mol. The molecule has 0 unspecified atom stereocenters. The third kappa shape index (κ3) is 11.6. The lowest BCUT2D eigenvalue weighted by molar-refractivity contribution is -0.149.